The van der Waals surface area contributed by atoms with Crippen LogP contribution in [-0.4, -0.2) is 47.1 Å². The van der Waals surface area contributed by atoms with Crippen LogP contribution in [0.3, 0.4) is 0 Å². The van der Waals surface area contributed by atoms with Gasteiger partial charge in [0.1, 0.15) is 5.82 Å². The second-order valence-electron chi connectivity index (χ2n) is 7.12. The van der Waals surface area contributed by atoms with Crippen molar-refractivity contribution in [1.82, 2.24) is 9.88 Å². The molecule has 144 valence electrons. The van der Waals surface area contributed by atoms with Gasteiger partial charge in [0.2, 0.25) is 0 Å². The molecule has 0 saturated carbocycles. The molecule has 1 fully saturated rings. The molecule has 1 aliphatic rings. The molecule has 2 aromatic rings. The summed E-state index contributed by atoms with van der Waals surface area (Å²) in [4.78, 5) is 19.2. The Bertz CT molecular complexity index is 703. The third-order valence-electron chi connectivity index (χ3n) is 5.19. The summed E-state index contributed by atoms with van der Waals surface area (Å²) in [5.41, 5.74) is 2.03. The Balaban J connectivity index is 1.54. The van der Waals surface area contributed by atoms with Gasteiger partial charge in [-0.1, -0.05) is 30.3 Å². The average molecular weight is 367 g/mol. The van der Waals surface area contributed by atoms with Gasteiger partial charge in [-0.05, 0) is 55.7 Å². The zero-order valence-electron chi connectivity index (χ0n) is 15.8. The van der Waals surface area contributed by atoms with Gasteiger partial charge in [-0.3, -0.25) is 4.79 Å². The molecule has 0 radical (unpaired) electrons. The molecule has 1 unspecified atom stereocenters. The maximum absolute atomic E-state index is 12.8. The van der Waals surface area contributed by atoms with Crippen molar-refractivity contribution < 1.29 is 9.90 Å². The molecule has 1 atom stereocenters. The number of anilines is 1. The van der Waals surface area contributed by atoms with Crippen molar-refractivity contribution in [2.75, 3.05) is 31.6 Å². The normalized spacial score (nSPS) is 17.4. The first-order valence-electron chi connectivity index (χ1n) is 9.93. The Morgan fingerprint density at radius 2 is 1.96 bits per heavy atom. The number of aromatic nitrogens is 1. The van der Waals surface area contributed by atoms with E-state index in [4.69, 9.17) is 5.11 Å². The van der Waals surface area contributed by atoms with Crippen LogP contribution in [0.2, 0.25) is 0 Å². The molecule has 3 rings (SSSR count). The maximum Gasteiger partial charge on any atom is 0.255 e. The average Bonchev–Trinajstić information content (AvgIpc) is 2.98. The van der Waals surface area contributed by atoms with Crippen molar-refractivity contribution in [2.45, 2.75) is 38.0 Å². The lowest BCUT2D eigenvalue weighted by molar-refractivity contribution is 0.0760. The van der Waals surface area contributed by atoms with Gasteiger partial charge in [0.25, 0.3) is 5.91 Å². The highest BCUT2D eigenvalue weighted by Crippen LogP contribution is 2.28. The van der Waals surface area contributed by atoms with Crippen molar-refractivity contribution in [3.8, 4) is 0 Å². The topological polar surface area (TPSA) is 65.5 Å². The molecule has 0 aliphatic carbocycles. The lowest BCUT2D eigenvalue weighted by Crippen LogP contribution is -2.32. The van der Waals surface area contributed by atoms with Crippen LogP contribution in [0, 0.1) is 0 Å². The summed E-state index contributed by atoms with van der Waals surface area (Å²) in [6, 6.07) is 14.3. The number of nitrogens with one attached hydrogen (secondary N) is 1. The van der Waals surface area contributed by atoms with E-state index in [0.717, 1.165) is 57.6 Å². The van der Waals surface area contributed by atoms with Gasteiger partial charge in [0.05, 0.1) is 5.56 Å². The van der Waals surface area contributed by atoms with E-state index in [9.17, 15) is 4.79 Å². The first kappa shape index (κ1) is 19.4. The Kier molecular flexibility index (Phi) is 7.22. The lowest BCUT2D eigenvalue weighted by atomic mass is 9.92. The standard InChI is InChI=1S/C22H29N3O2/c26-16-5-4-13-23-21-11-10-20(17-24-21)22(27)25-14-6-9-19(12-15-25)18-7-2-1-3-8-18/h1-3,7-8,10-11,17,19,26H,4-6,9,12-16H2,(H,23,24). The zero-order valence-corrected chi connectivity index (χ0v) is 15.8. The second kappa shape index (κ2) is 10.1. The predicted molar refractivity (Wildman–Crippen MR) is 108 cm³/mol. The number of hydrogen-bond acceptors (Lipinski definition) is 4. The van der Waals surface area contributed by atoms with Crippen molar-refractivity contribution in [3.63, 3.8) is 0 Å². The van der Waals surface area contributed by atoms with Crippen molar-refractivity contribution in [3.05, 3.63) is 59.8 Å². The minimum atomic E-state index is 0.0723. The van der Waals surface area contributed by atoms with E-state index in [1.807, 2.05) is 23.1 Å². The van der Waals surface area contributed by atoms with Crippen LogP contribution in [0.15, 0.2) is 48.7 Å². The van der Waals surface area contributed by atoms with Crippen LogP contribution in [0.5, 0.6) is 0 Å². The largest absolute Gasteiger partial charge is 0.396 e. The molecule has 27 heavy (non-hydrogen) atoms. The van der Waals surface area contributed by atoms with Gasteiger partial charge in [-0.2, -0.15) is 0 Å². The minimum Gasteiger partial charge on any atom is -0.396 e. The van der Waals surface area contributed by atoms with Crippen LogP contribution in [-0.2, 0) is 0 Å². The number of likely N-dealkylation sites (tertiary alicyclic amines) is 1. The number of aliphatic hydroxyl groups is 1. The van der Waals surface area contributed by atoms with Gasteiger partial charge >= 0.3 is 0 Å². The number of carbonyl (C=O) groups excluding carboxylic acids is 1. The third-order valence-corrected chi connectivity index (χ3v) is 5.19. The summed E-state index contributed by atoms with van der Waals surface area (Å²) in [5, 5.41) is 12.0. The fourth-order valence-corrected chi connectivity index (χ4v) is 3.62. The van der Waals surface area contributed by atoms with Crippen LogP contribution >= 0.6 is 0 Å². The van der Waals surface area contributed by atoms with Crippen LogP contribution in [0.25, 0.3) is 0 Å². The van der Waals surface area contributed by atoms with Gasteiger partial charge in [-0.15, -0.1) is 0 Å². The summed E-state index contributed by atoms with van der Waals surface area (Å²) in [7, 11) is 0. The number of unbranched alkanes of at least 4 members (excludes halogenated alkanes) is 1. The third kappa shape index (κ3) is 5.54. The summed E-state index contributed by atoms with van der Waals surface area (Å²) in [6.07, 6.45) is 6.51. The van der Waals surface area contributed by atoms with E-state index >= 15 is 0 Å². The monoisotopic (exact) mass is 367 g/mol. The van der Waals surface area contributed by atoms with Gasteiger partial charge in [0, 0.05) is 32.4 Å². The van der Waals surface area contributed by atoms with E-state index in [1.54, 1.807) is 6.20 Å². The Morgan fingerprint density at radius 3 is 2.70 bits per heavy atom. The van der Waals surface area contributed by atoms with E-state index in [1.165, 1.54) is 5.56 Å². The minimum absolute atomic E-state index is 0.0723. The fourth-order valence-electron chi connectivity index (χ4n) is 3.62. The number of amides is 1. The number of aliphatic hydroxyl groups excluding tert-OH is 1. The van der Waals surface area contributed by atoms with Gasteiger partial charge in [0.15, 0.2) is 0 Å². The zero-order chi connectivity index (χ0) is 18.9. The van der Waals surface area contributed by atoms with E-state index in [-0.39, 0.29) is 12.5 Å². The molecule has 1 amide bonds. The van der Waals surface area contributed by atoms with Gasteiger partial charge < -0.3 is 15.3 Å². The smallest absolute Gasteiger partial charge is 0.255 e. The summed E-state index contributed by atoms with van der Waals surface area (Å²) in [5.74, 6) is 1.38. The Hall–Kier alpha value is -2.40. The number of hydrogen-bond donors (Lipinski definition) is 2. The molecule has 1 saturated heterocycles. The molecule has 5 heteroatoms. The SMILES string of the molecule is O=C(c1ccc(NCCCCO)nc1)N1CCCC(c2ccccc2)CC1. The number of rotatable bonds is 7. The van der Waals surface area contributed by atoms with Gasteiger partial charge in [-0.25, -0.2) is 4.98 Å². The first-order valence-corrected chi connectivity index (χ1v) is 9.93. The number of carbonyl (C=O) groups is 1. The van der Waals surface area contributed by atoms with E-state index < -0.39 is 0 Å². The van der Waals surface area contributed by atoms with Crippen LogP contribution in [0.1, 0.15) is 53.9 Å². The van der Waals surface area contributed by atoms with Crippen molar-refractivity contribution in [2.24, 2.45) is 0 Å². The molecular weight excluding hydrogens is 338 g/mol. The quantitative estimate of drug-likeness (QED) is 0.733. The lowest BCUT2D eigenvalue weighted by Gasteiger charge is -2.21. The summed E-state index contributed by atoms with van der Waals surface area (Å²) >= 11 is 0. The molecule has 1 aliphatic heterocycles. The van der Waals surface area contributed by atoms with Crippen LogP contribution in [0.4, 0.5) is 5.82 Å². The molecule has 0 bridgehead atoms. The number of benzene rings is 1. The summed E-state index contributed by atoms with van der Waals surface area (Å²) < 4.78 is 0. The van der Waals surface area contributed by atoms with Crippen molar-refractivity contribution >= 4 is 11.7 Å². The molecule has 1 aromatic carbocycles. The predicted octanol–water partition coefficient (Wildman–Crippen LogP) is 3.68. The maximum atomic E-state index is 12.8. The summed E-state index contributed by atoms with van der Waals surface area (Å²) in [6.45, 7) is 2.58. The first-order chi connectivity index (χ1) is 13.3. The fraction of sp³-hybridized carbons (Fsp3) is 0.455. The number of pyridine rings is 1. The molecule has 5 nitrogen and oxygen atoms in total. The number of nitrogens with zero attached hydrogens (tertiary/aromatic N) is 2. The van der Waals surface area contributed by atoms with Crippen molar-refractivity contribution in [1.29, 1.82) is 0 Å². The molecule has 1 aromatic heterocycles. The highest BCUT2D eigenvalue weighted by Gasteiger charge is 2.22. The van der Waals surface area contributed by atoms with E-state index in [0.29, 0.717) is 11.5 Å². The highest BCUT2D eigenvalue weighted by molar-refractivity contribution is 5.94. The highest BCUT2D eigenvalue weighted by atomic mass is 16.2. The second-order valence-corrected chi connectivity index (χ2v) is 7.12. The Morgan fingerprint density at radius 1 is 1.11 bits per heavy atom. The molecular formula is C22H29N3O2. The van der Waals surface area contributed by atoms with E-state index in [2.05, 4.69) is 34.6 Å². The van der Waals surface area contributed by atoms with Crippen LogP contribution < -0.4 is 5.32 Å². The Labute approximate surface area is 161 Å². The molecule has 2 heterocycles. The molecule has 2 N–H and O–H groups in total. The molecule has 0 spiro atoms.